The van der Waals surface area contributed by atoms with Crippen LogP contribution < -0.4 is 10.6 Å². The molecule has 3 aromatic carbocycles. The van der Waals surface area contributed by atoms with Gasteiger partial charge in [-0.3, -0.25) is 9.59 Å². The predicted molar refractivity (Wildman–Crippen MR) is 114 cm³/mol. The predicted octanol–water partition coefficient (Wildman–Crippen LogP) is 2.61. The van der Waals surface area contributed by atoms with Gasteiger partial charge in [-0.15, -0.1) is 0 Å². The van der Waals surface area contributed by atoms with E-state index in [2.05, 4.69) is 10.6 Å². The molecule has 6 heteroatoms. The lowest BCUT2D eigenvalue weighted by Crippen LogP contribution is -2.35. The smallest absolute Gasteiger partial charge is 0.252 e. The van der Waals surface area contributed by atoms with Crippen LogP contribution in [0.15, 0.2) is 84.9 Å². The Bertz CT molecular complexity index is 896. The first kappa shape index (κ1) is 21.2. The third-order valence-electron chi connectivity index (χ3n) is 4.80. The van der Waals surface area contributed by atoms with Crippen molar-refractivity contribution in [2.24, 2.45) is 0 Å². The first-order chi connectivity index (χ1) is 14.6. The molecule has 0 aliphatic heterocycles. The van der Waals surface area contributed by atoms with Crippen molar-refractivity contribution >= 4 is 11.8 Å². The maximum Gasteiger partial charge on any atom is 0.252 e. The zero-order valence-corrected chi connectivity index (χ0v) is 16.4. The van der Waals surface area contributed by atoms with E-state index >= 15 is 0 Å². The lowest BCUT2D eigenvalue weighted by Gasteiger charge is -2.20. The number of amides is 2. The number of hydrogen-bond donors (Lipinski definition) is 4. The number of aliphatic hydroxyl groups excluding tert-OH is 2. The molecule has 0 aliphatic rings. The van der Waals surface area contributed by atoms with Crippen LogP contribution in [-0.2, 0) is 0 Å². The molecule has 0 radical (unpaired) electrons. The van der Waals surface area contributed by atoms with Crippen LogP contribution in [0.4, 0.5) is 0 Å². The summed E-state index contributed by atoms with van der Waals surface area (Å²) in [6.45, 7) is -0.546. The molecule has 30 heavy (non-hydrogen) atoms. The van der Waals surface area contributed by atoms with Gasteiger partial charge in [0.2, 0.25) is 0 Å². The van der Waals surface area contributed by atoms with E-state index in [-0.39, 0.29) is 24.3 Å². The van der Waals surface area contributed by atoms with E-state index in [0.29, 0.717) is 0 Å². The number of carbonyl (C=O) groups excluding carboxylic acids is 2. The summed E-state index contributed by atoms with van der Waals surface area (Å²) in [5.74, 6) is -0.937. The van der Waals surface area contributed by atoms with E-state index < -0.39 is 23.9 Å². The average Bonchev–Trinajstić information content (AvgIpc) is 2.81. The van der Waals surface area contributed by atoms with Gasteiger partial charge in [0.15, 0.2) is 0 Å². The van der Waals surface area contributed by atoms with Crippen LogP contribution in [0.2, 0.25) is 0 Å². The van der Waals surface area contributed by atoms with Gasteiger partial charge in [-0.05, 0) is 23.3 Å². The highest BCUT2D eigenvalue weighted by molar-refractivity contribution is 6.07. The Hall–Kier alpha value is -3.48. The van der Waals surface area contributed by atoms with Crippen LogP contribution in [0.3, 0.4) is 0 Å². The molecule has 0 unspecified atom stereocenters. The minimum atomic E-state index is -0.593. The van der Waals surface area contributed by atoms with Crippen molar-refractivity contribution in [2.45, 2.75) is 12.1 Å². The summed E-state index contributed by atoms with van der Waals surface area (Å²) >= 11 is 0. The summed E-state index contributed by atoms with van der Waals surface area (Å²) in [5, 5.41) is 25.0. The van der Waals surface area contributed by atoms with Gasteiger partial charge in [-0.2, -0.15) is 0 Å². The standard InChI is InChI=1S/C24H24N2O4/c27-15-21(17-9-3-1-4-10-17)25-23(29)19-13-7-8-14-20(19)24(30)26-22(16-28)18-11-5-2-6-12-18/h1-14,21-22,27-28H,15-16H2,(H,25,29)(H,26,30)/t21-,22+. The summed E-state index contributed by atoms with van der Waals surface area (Å²) in [6, 6.07) is 23.5. The SMILES string of the molecule is O=C(N[C@@H](CO)c1ccccc1)c1ccccc1C(=O)N[C@H](CO)c1ccccc1. The van der Waals surface area contributed by atoms with Crippen molar-refractivity contribution in [1.29, 1.82) is 0 Å². The molecular weight excluding hydrogens is 380 g/mol. The van der Waals surface area contributed by atoms with E-state index in [4.69, 9.17) is 0 Å². The molecule has 4 N–H and O–H groups in total. The van der Waals surface area contributed by atoms with E-state index in [1.165, 1.54) is 0 Å². The highest BCUT2D eigenvalue weighted by atomic mass is 16.3. The van der Waals surface area contributed by atoms with Gasteiger partial charge in [0.05, 0.1) is 36.4 Å². The largest absolute Gasteiger partial charge is 0.394 e. The summed E-state index contributed by atoms with van der Waals surface area (Å²) in [5.41, 5.74) is 1.91. The Morgan fingerprint density at radius 1 is 0.600 bits per heavy atom. The van der Waals surface area contributed by atoms with Crippen molar-refractivity contribution in [2.75, 3.05) is 13.2 Å². The number of carbonyl (C=O) groups is 2. The van der Waals surface area contributed by atoms with Crippen molar-refractivity contribution in [3.63, 3.8) is 0 Å². The van der Waals surface area contributed by atoms with Crippen LogP contribution in [0, 0.1) is 0 Å². The van der Waals surface area contributed by atoms with Crippen LogP contribution >= 0.6 is 0 Å². The van der Waals surface area contributed by atoms with E-state index in [1.807, 2.05) is 60.7 Å². The molecule has 0 heterocycles. The number of nitrogens with one attached hydrogen (secondary N) is 2. The molecule has 0 spiro atoms. The quantitative estimate of drug-likeness (QED) is 0.464. The number of aliphatic hydroxyl groups is 2. The molecule has 3 rings (SSSR count). The average molecular weight is 404 g/mol. The Kier molecular flexibility index (Phi) is 7.32. The van der Waals surface area contributed by atoms with Crippen molar-refractivity contribution < 1.29 is 19.8 Å². The number of hydrogen-bond acceptors (Lipinski definition) is 4. The minimum absolute atomic E-state index is 0.189. The molecule has 3 aromatic rings. The molecule has 0 saturated carbocycles. The summed E-state index contributed by atoms with van der Waals surface area (Å²) in [6.07, 6.45) is 0. The van der Waals surface area contributed by atoms with Gasteiger partial charge in [-0.1, -0.05) is 72.8 Å². The van der Waals surface area contributed by atoms with Gasteiger partial charge >= 0.3 is 0 Å². The molecule has 6 nitrogen and oxygen atoms in total. The maximum atomic E-state index is 12.9. The highest BCUT2D eigenvalue weighted by Crippen LogP contribution is 2.17. The zero-order valence-electron chi connectivity index (χ0n) is 16.4. The summed E-state index contributed by atoms with van der Waals surface area (Å²) < 4.78 is 0. The van der Waals surface area contributed by atoms with E-state index in [1.54, 1.807) is 24.3 Å². The molecule has 0 fully saturated rings. The third kappa shape index (κ3) is 5.11. The molecular formula is C24H24N2O4. The molecule has 2 atom stereocenters. The molecule has 0 saturated heterocycles. The molecule has 0 aliphatic carbocycles. The van der Waals surface area contributed by atoms with Crippen molar-refractivity contribution in [3.05, 3.63) is 107 Å². The minimum Gasteiger partial charge on any atom is -0.394 e. The third-order valence-corrected chi connectivity index (χ3v) is 4.80. The fraction of sp³-hybridized carbons (Fsp3) is 0.167. The second kappa shape index (κ2) is 10.3. The Balaban J connectivity index is 1.79. The summed E-state index contributed by atoms with van der Waals surface area (Å²) in [4.78, 5) is 25.8. The number of benzene rings is 3. The fourth-order valence-corrected chi connectivity index (χ4v) is 3.19. The van der Waals surface area contributed by atoms with E-state index in [0.717, 1.165) is 11.1 Å². The Morgan fingerprint density at radius 2 is 0.933 bits per heavy atom. The second-order valence-corrected chi connectivity index (χ2v) is 6.78. The van der Waals surface area contributed by atoms with Crippen LogP contribution in [0.25, 0.3) is 0 Å². The first-order valence-electron chi connectivity index (χ1n) is 9.66. The zero-order chi connectivity index (χ0) is 21.3. The van der Waals surface area contributed by atoms with Crippen molar-refractivity contribution in [3.8, 4) is 0 Å². The Morgan fingerprint density at radius 3 is 1.27 bits per heavy atom. The first-order valence-corrected chi connectivity index (χ1v) is 9.66. The lowest BCUT2D eigenvalue weighted by molar-refractivity contribution is 0.0882. The normalized spacial score (nSPS) is 12.6. The Labute approximate surface area is 175 Å². The van der Waals surface area contributed by atoms with Crippen LogP contribution in [-0.4, -0.2) is 35.2 Å². The lowest BCUT2D eigenvalue weighted by atomic mass is 10.0. The van der Waals surface area contributed by atoms with Gasteiger partial charge in [-0.25, -0.2) is 0 Å². The van der Waals surface area contributed by atoms with Crippen molar-refractivity contribution in [1.82, 2.24) is 10.6 Å². The number of rotatable bonds is 8. The highest BCUT2D eigenvalue weighted by Gasteiger charge is 2.22. The van der Waals surface area contributed by atoms with Gasteiger partial charge in [0, 0.05) is 0 Å². The molecule has 0 bridgehead atoms. The molecule has 0 aromatic heterocycles. The van der Waals surface area contributed by atoms with Gasteiger partial charge < -0.3 is 20.8 Å². The molecule has 2 amide bonds. The molecule has 154 valence electrons. The fourth-order valence-electron chi connectivity index (χ4n) is 3.19. The van der Waals surface area contributed by atoms with Crippen LogP contribution in [0.5, 0.6) is 0 Å². The second-order valence-electron chi connectivity index (χ2n) is 6.78. The van der Waals surface area contributed by atoms with Crippen LogP contribution in [0.1, 0.15) is 43.9 Å². The monoisotopic (exact) mass is 404 g/mol. The topological polar surface area (TPSA) is 98.7 Å². The summed E-state index contributed by atoms with van der Waals surface area (Å²) in [7, 11) is 0. The van der Waals surface area contributed by atoms with E-state index in [9.17, 15) is 19.8 Å². The maximum absolute atomic E-state index is 12.9. The van der Waals surface area contributed by atoms with Gasteiger partial charge in [0.1, 0.15) is 0 Å². The van der Waals surface area contributed by atoms with Gasteiger partial charge in [0.25, 0.3) is 11.8 Å².